The smallest absolute Gasteiger partial charge is 0.323 e. The van der Waals surface area contributed by atoms with Crippen LogP contribution >= 0.6 is 0 Å². The van der Waals surface area contributed by atoms with Crippen molar-refractivity contribution < 1.29 is 14.6 Å². The fraction of sp³-hybridized carbons (Fsp3) is 0.214. The number of benzene rings is 3. The Morgan fingerprint density at radius 3 is 2.32 bits per heavy atom. The summed E-state index contributed by atoms with van der Waals surface area (Å²) in [5, 5.41) is 17.1. The highest BCUT2D eigenvalue weighted by Crippen LogP contribution is 2.34. The van der Waals surface area contributed by atoms with E-state index in [1.54, 1.807) is 13.3 Å². The average molecular weight is 456 g/mol. The number of aliphatic hydroxyl groups excluding tert-OH is 1. The molecule has 0 aliphatic rings. The van der Waals surface area contributed by atoms with Crippen molar-refractivity contribution in [1.29, 1.82) is 0 Å². The molecule has 4 rings (SSSR count). The highest BCUT2D eigenvalue weighted by atomic mass is 16.5. The van der Waals surface area contributed by atoms with E-state index in [-0.39, 0.29) is 18.1 Å². The first-order valence-electron chi connectivity index (χ1n) is 11.1. The third-order valence-electron chi connectivity index (χ3n) is 5.78. The molecule has 2 amide bonds. The van der Waals surface area contributed by atoms with Gasteiger partial charge < -0.3 is 20.5 Å². The first kappa shape index (κ1) is 23.3. The van der Waals surface area contributed by atoms with Crippen molar-refractivity contribution in [1.82, 2.24) is 4.98 Å². The Morgan fingerprint density at radius 1 is 0.941 bits per heavy atom. The van der Waals surface area contributed by atoms with Crippen molar-refractivity contribution in [3.63, 3.8) is 0 Å². The number of anilines is 2. The summed E-state index contributed by atoms with van der Waals surface area (Å²) in [4.78, 5) is 17.3. The predicted molar refractivity (Wildman–Crippen MR) is 137 cm³/mol. The number of fused-ring (bicyclic) bond motifs is 1. The SMILES string of the molecule is COc1ccc(C(C)(C)C)cc1NC(=O)Nc1ccc(-c2ccc(CO)nc2)c2ccccc12. The van der Waals surface area contributed by atoms with Crippen LogP contribution in [0.5, 0.6) is 5.75 Å². The summed E-state index contributed by atoms with van der Waals surface area (Å²) < 4.78 is 5.45. The van der Waals surface area contributed by atoms with E-state index in [9.17, 15) is 9.90 Å². The van der Waals surface area contributed by atoms with E-state index < -0.39 is 0 Å². The molecule has 174 valence electrons. The zero-order chi connectivity index (χ0) is 24.3. The standard InChI is InChI=1S/C28H29N3O3/c1-28(2,3)19-10-14-26(34-4)25(15-19)31-27(33)30-24-13-12-21(22-7-5-6-8-23(22)24)18-9-11-20(17-32)29-16-18/h5-16,32H,17H2,1-4H3,(H2,30,31,33). The summed E-state index contributed by atoms with van der Waals surface area (Å²) in [6.45, 7) is 6.28. The molecule has 4 aromatic rings. The second-order valence-corrected chi connectivity index (χ2v) is 9.15. The molecule has 3 N–H and O–H groups in total. The lowest BCUT2D eigenvalue weighted by Crippen LogP contribution is -2.21. The second-order valence-electron chi connectivity index (χ2n) is 9.15. The Hall–Kier alpha value is -3.90. The topological polar surface area (TPSA) is 83.5 Å². The molecule has 1 heterocycles. The largest absolute Gasteiger partial charge is 0.495 e. The second kappa shape index (κ2) is 9.53. The fourth-order valence-electron chi connectivity index (χ4n) is 3.89. The van der Waals surface area contributed by atoms with Gasteiger partial charge in [-0.1, -0.05) is 63.2 Å². The maximum Gasteiger partial charge on any atom is 0.323 e. The zero-order valence-corrected chi connectivity index (χ0v) is 19.8. The summed E-state index contributed by atoms with van der Waals surface area (Å²) >= 11 is 0. The summed E-state index contributed by atoms with van der Waals surface area (Å²) in [5.41, 5.74) is 4.90. The molecule has 0 atom stereocenters. The molecule has 0 aliphatic carbocycles. The van der Waals surface area contributed by atoms with E-state index in [0.717, 1.165) is 27.5 Å². The van der Waals surface area contributed by atoms with Gasteiger partial charge in [-0.05, 0) is 46.2 Å². The summed E-state index contributed by atoms with van der Waals surface area (Å²) in [6, 6.07) is 21.0. The van der Waals surface area contributed by atoms with Crippen LogP contribution < -0.4 is 15.4 Å². The van der Waals surface area contributed by atoms with Gasteiger partial charge in [0.2, 0.25) is 0 Å². The van der Waals surface area contributed by atoms with E-state index >= 15 is 0 Å². The number of aliphatic hydroxyl groups is 1. The molecule has 34 heavy (non-hydrogen) atoms. The molecule has 0 saturated carbocycles. The zero-order valence-electron chi connectivity index (χ0n) is 19.8. The number of methoxy groups -OCH3 is 1. The quantitative estimate of drug-likeness (QED) is 0.328. The number of carbonyl (C=O) groups is 1. The number of urea groups is 1. The minimum absolute atomic E-state index is 0.0601. The number of hydrogen-bond donors (Lipinski definition) is 3. The van der Waals surface area contributed by atoms with Gasteiger partial charge in [-0.15, -0.1) is 0 Å². The molecule has 0 saturated heterocycles. The van der Waals surface area contributed by atoms with Crippen LogP contribution in [0.2, 0.25) is 0 Å². The van der Waals surface area contributed by atoms with Crippen molar-refractivity contribution in [2.24, 2.45) is 0 Å². The summed E-state index contributed by atoms with van der Waals surface area (Å²) in [5.74, 6) is 0.599. The lowest BCUT2D eigenvalue weighted by molar-refractivity contribution is 0.262. The molecule has 0 spiro atoms. The normalized spacial score (nSPS) is 11.3. The third kappa shape index (κ3) is 4.87. The van der Waals surface area contributed by atoms with Crippen molar-refractivity contribution in [3.8, 4) is 16.9 Å². The number of nitrogens with zero attached hydrogens (tertiary/aromatic N) is 1. The number of aromatic nitrogens is 1. The molecule has 6 heteroatoms. The van der Waals surface area contributed by atoms with E-state index in [2.05, 4.69) is 36.4 Å². The molecular formula is C28H29N3O3. The van der Waals surface area contributed by atoms with Gasteiger partial charge in [0.05, 0.1) is 30.8 Å². The number of carbonyl (C=O) groups excluding carboxylic acids is 1. The molecular weight excluding hydrogens is 426 g/mol. The number of ether oxygens (including phenoxy) is 1. The van der Waals surface area contributed by atoms with Gasteiger partial charge in [-0.25, -0.2) is 4.79 Å². The monoisotopic (exact) mass is 455 g/mol. The molecule has 0 aliphatic heterocycles. The highest BCUT2D eigenvalue weighted by Gasteiger charge is 2.17. The van der Waals surface area contributed by atoms with Crippen LogP contribution in [0.4, 0.5) is 16.2 Å². The number of amides is 2. The van der Waals surface area contributed by atoms with Crippen molar-refractivity contribution in [2.45, 2.75) is 32.8 Å². The van der Waals surface area contributed by atoms with Crippen LogP contribution in [0, 0.1) is 0 Å². The van der Waals surface area contributed by atoms with E-state index in [1.807, 2.05) is 66.7 Å². The Balaban J connectivity index is 1.64. The van der Waals surface area contributed by atoms with Crippen molar-refractivity contribution in [3.05, 3.63) is 84.2 Å². The van der Waals surface area contributed by atoms with Crippen molar-refractivity contribution >= 4 is 28.2 Å². The molecule has 0 bridgehead atoms. The van der Waals surface area contributed by atoms with Gasteiger partial charge in [0.15, 0.2) is 0 Å². The number of pyridine rings is 1. The molecule has 3 aromatic carbocycles. The lowest BCUT2D eigenvalue weighted by Gasteiger charge is -2.21. The van der Waals surface area contributed by atoms with Gasteiger partial charge in [0.25, 0.3) is 0 Å². The van der Waals surface area contributed by atoms with Crippen LogP contribution in [-0.4, -0.2) is 23.2 Å². The van der Waals surface area contributed by atoms with Gasteiger partial charge in [-0.3, -0.25) is 4.98 Å². The van der Waals surface area contributed by atoms with Crippen LogP contribution in [0.25, 0.3) is 21.9 Å². The van der Waals surface area contributed by atoms with E-state index in [0.29, 0.717) is 22.8 Å². The predicted octanol–water partition coefficient (Wildman–Crippen LogP) is 6.34. The number of nitrogens with one attached hydrogen (secondary N) is 2. The van der Waals surface area contributed by atoms with Gasteiger partial charge >= 0.3 is 6.03 Å². The van der Waals surface area contributed by atoms with Crippen LogP contribution in [0.1, 0.15) is 32.0 Å². The fourth-order valence-corrected chi connectivity index (χ4v) is 3.89. The third-order valence-corrected chi connectivity index (χ3v) is 5.78. The summed E-state index contributed by atoms with van der Waals surface area (Å²) in [6.07, 6.45) is 1.75. The Kier molecular flexibility index (Phi) is 6.52. The van der Waals surface area contributed by atoms with Gasteiger partial charge in [0.1, 0.15) is 5.75 Å². The van der Waals surface area contributed by atoms with Crippen LogP contribution in [0.3, 0.4) is 0 Å². The highest BCUT2D eigenvalue weighted by molar-refractivity contribution is 6.10. The Bertz CT molecular complexity index is 1330. The lowest BCUT2D eigenvalue weighted by atomic mass is 9.87. The number of rotatable bonds is 5. The number of hydrogen-bond acceptors (Lipinski definition) is 4. The maximum absolute atomic E-state index is 13.0. The molecule has 0 unspecified atom stereocenters. The molecule has 0 radical (unpaired) electrons. The molecule has 6 nitrogen and oxygen atoms in total. The van der Waals surface area contributed by atoms with Crippen LogP contribution in [-0.2, 0) is 12.0 Å². The van der Waals surface area contributed by atoms with Gasteiger partial charge in [-0.2, -0.15) is 0 Å². The molecule has 1 aromatic heterocycles. The maximum atomic E-state index is 13.0. The first-order valence-corrected chi connectivity index (χ1v) is 11.1. The van der Waals surface area contributed by atoms with Gasteiger partial charge in [0, 0.05) is 17.1 Å². The molecule has 0 fully saturated rings. The van der Waals surface area contributed by atoms with Crippen molar-refractivity contribution in [2.75, 3.05) is 17.7 Å². The summed E-state index contributed by atoms with van der Waals surface area (Å²) in [7, 11) is 1.59. The van der Waals surface area contributed by atoms with Crippen LogP contribution in [0.15, 0.2) is 72.9 Å². The minimum Gasteiger partial charge on any atom is -0.495 e. The van der Waals surface area contributed by atoms with E-state index in [4.69, 9.17) is 4.74 Å². The Labute approximate surface area is 199 Å². The van der Waals surface area contributed by atoms with E-state index in [1.165, 1.54) is 0 Å². The average Bonchev–Trinajstić information content (AvgIpc) is 2.84. The minimum atomic E-state index is -0.351. The Morgan fingerprint density at radius 2 is 1.68 bits per heavy atom. The first-order chi connectivity index (χ1) is 16.3.